The molecule has 0 unspecified atom stereocenters. The Kier molecular flexibility index (Phi) is 5.23. The molecule has 5 heteroatoms. The van der Waals surface area contributed by atoms with Crippen molar-refractivity contribution >= 4 is 5.91 Å². The SMILES string of the molecule is Cc1cc(C(=O)N(C)C[C@H]2CCCC[C@H]2O)c(C)n1-c1ccccn1. The Morgan fingerprint density at radius 2 is 2.08 bits per heavy atom. The van der Waals surface area contributed by atoms with Crippen LogP contribution in [0.3, 0.4) is 0 Å². The molecule has 134 valence electrons. The van der Waals surface area contributed by atoms with Crippen LogP contribution in [0.1, 0.15) is 47.4 Å². The number of amides is 1. The number of nitrogens with zero attached hydrogens (tertiary/aromatic N) is 3. The van der Waals surface area contributed by atoms with Gasteiger partial charge in [-0.2, -0.15) is 0 Å². The summed E-state index contributed by atoms with van der Waals surface area (Å²) in [5.41, 5.74) is 2.60. The zero-order valence-corrected chi connectivity index (χ0v) is 15.3. The molecule has 0 saturated heterocycles. The van der Waals surface area contributed by atoms with Crippen LogP contribution in [0.4, 0.5) is 0 Å². The second-order valence-corrected chi connectivity index (χ2v) is 7.11. The van der Waals surface area contributed by atoms with Crippen LogP contribution in [0, 0.1) is 19.8 Å². The van der Waals surface area contributed by atoms with Crippen molar-refractivity contribution in [2.75, 3.05) is 13.6 Å². The highest BCUT2D eigenvalue weighted by atomic mass is 16.3. The van der Waals surface area contributed by atoms with Gasteiger partial charge >= 0.3 is 0 Å². The van der Waals surface area contributed by atoms with E-state index in [4.69, 9.17) is 0 Å². The van der Waals surface area contributed by atoms with E-state index in [0.717, 1.165) is 42.9 Å². The first-order chi connectivity index (χ1) is 12.0. The van der Waals surface area contributed by atoms with Gasteiger partial charge in [-0.3, -0.25) is 4.79 Å². The molecule has 0 aromatic carbocycles. The topological polar surface area (TPSA) is 58.4 Å². The van der Waals surface area contributed by atoms with Gasteiger partial charge in [0.25, 0.3) is 5.91 Å². The van der Waals surface area contributed by atoms with E-state index in [1.165, 1.54) is 0 Å². The minimum atomic E-state index is -0.287. The molecule has 0 aliphatic heterocycles. The lowest BCUT2D eigenvalue weighted by Gasteiger charge is -2.31. The molecule has 1 fully saturated rings. The van der Waals surface area contributed by atoms with Crippen molar-refractivity contribution in [1.82, 2.24) is 14.5 Å². The monoisotopic (exact) mass is 341 g/mol. The molecule has 1 aliphatic rings. The van der Waals surface area contributed by atoms with Gasteiger partial charge in [-0.15, -0.1) is 0 Å². The van der Waals surface area contributed by atoms with E-state index in [1.54, 1.807) is 11.1 Å². The predicted molar refractivity (Wildman–Crippen MR) is 98.0 cm³/mol. The molecule has 2 aromatic rings. The normalized spacial score (nSPS) is 20.5. The first-order valence-electron chi connectivity index (χ1n) is 9.03. The van der Waals surface area contributed by atoms with Crippen molar-refractivity contribution in [2.24, 2.45) is 5.92 Å². The third-order valence-corrected chi connectivity index (χ3v) is 5.26. The number of hydrogen-bond donors (Lipinski definition) is 1. The third kappa shape index (κ3) is 3.61. The van der Waals surface area contributed by atoms with Crippen molar-refractivity contribution in [3.8, 4) is 5.82 Å². The molecule has 2 heterocycles. The van der Waals surface area contributed by atoms with E-state index in [2.05, 4.69) is 4.98 Å². The van der Waals surface area contributed by atoms with Crippen LogP contribution < -0.4 is 0 Å². The van der Waals surface area contributed by atoms with Gasteiger partial charge in [0, 0.05) is 37.1 Å². The summed E-state index contributed by atoms with van der Waals surface area (Å²) >= 11 is 0. The standard InChI is InChI=1S/C20H27N3O2/c1-14-12-17(15(2)23(14)19-10-6-7-11-21-19)20(25)22(3)13-16-8-4-5-9-18(16)24/h6-7,10-12,16,18,24H,4-5,8-9,13H2,1-3H3/t16-,18-/m1/s1. The van der Waals surface area contributed by atoms with Crippen LogP contribution in [-0.4, -0.2) is 45.2 Å². The molecule has 0 spiro atoms. The van der Waals surface area contributed by atoms with Crippen LogP contribution in [0.5, 0.6) is 0 Å². The smallest absolute Gasteiger partial charge is 0.255 e. The fourth-order valence-corrected chi connectivity index (χ4v) is 3.86. The molecule has 1 aliphatic carbocycles. The second kappa shape index (κ2) is 7.40. The van der Waals surface area contributed by atoms with Crippen LogP contribution in [0.25, 0.3) is 5.82 Å². The van der Waals surface area contributed by atoms with Gasteiger partial charge in [-0.25, -0.2) is 4.98 Å². The average Bonchev–Trinajstić information content (AvgIpc) is 2.91. The molecule has 1 N–H and O–H groups in total. The summed E-state index contributed by atoms with van der Waals surface area (Å²) in [7, 11) is 1.83. The molecule has 2 aromatic heterocycles. The van der Waals surface area contributed by atoms with E-state index in [-0.39, 0.29) is 17.9 Å². The van der Waals surface area contributed by atoms with E-state index < -0.39 is 0 Å². The summed E-state index contributed by atoms with van der Waals surface area (Å²) < 4.78 is 2.01. The lowest BCUT2D eigenvalue weighted by molar-refractivity contribution is 0.0451. The van der Waals surface area contributed by atoms with Crippen LogP contribution in [-0.2, 0) is 0 Å². The van der Waals surface area contributed by atoms with Crippen molar-refractivity contribution in [3.63, 3.8) is 0 Å². The van der Waals surface area contributed by atoms with Gasteiger partial charge in [-0.1, -0.05) is 18.9 Å². The molecule has 2 atom stereocenters. The van der Waals surface area contributed by atoms with E-state index in [9.17, 15) is 9.90 Å². The summed E-state index contributed by atoms with van der Waals surface area (Å²) in [6.07, 6.45) is 5.53. The Morgan fingerprint density at radius 1 is 1.32 bits per heavy atom. The Balaban J connectivity index is 1.80. The number of rotatable bonds is 4. The summed E-state index contributed by atoms with van der Waals surface area (Å²) in [6, 6.07) is 7.70. The van der Waals surface area contributed by atoms with Gasteiger partial charge in [0.05, 0.1) is 11.7 Å². The summed E-state index contributed by atoms with van der Waals surface area (Å²) in [5, 5.41) is 10.2. The Labute approximate surface area is 149 Å². The lowest BCUT2D eigenvalue weighted by Crippen LogP contribution is -2.38. The van der Waals surface area contributed by atoms with Gasteiger partial charge in [-0.05, 0) is 44.9 Å². The van der Waals surface area contributed by atoms with Crippen LogP contribution in [0.2, 0.25) is 0 Å². The van der Waals surface area contributed by atoms with Crippen molar-refractivity contribution in [3.05, 3.63) is 47.4 Å². The summed E-state index contributed by atoms with van der Waals surface area (Å²) in [5.74, 6) is 1.01. The third-order valence-electron chi connectivity index (χ3n) is 5.26. The second-order valence-electron chi connectivity index (χ2n) is 7.11. The molecule has 5 nitrogen and oxygen atoms in total. The molecule has 1 amide bonds. The lowest BCUT2D eigenvalue weighted by atomic mass is 9.86. The van der Waals surface area contributed by atoms with E-state index in [0.29, 0.717) is 12.1 Å². The highest BCUT2D eigenvalue weighted by molar-refractivity contribution is 5.95. The van der Waals surface area contributed by atoms with Crippen molar-refractivity contribution in [1.29, 1.82) is 0 Å². The zero-order chi connectivity index (χ0) is 18.0. The average molecular weight is 341 g/mol. The number of aryl methyl sites for hydroxylation is 1. The van der Waals surface area contributed by atoms with Gasteiger partial charge in [0.15, 0.2) is 0 Å². The predicted octanol–water partition coefficient (Wildman–Crippen LogP) is 3.11. The summed E-state index contributed by atoms with van der Waals surface area (Å²) in [6.45, 7) is 4.55. The quantitative estimate of drug-likeness (QED) is 0.929. The van der Waals surface area contributed by atoms with Gasteiger partial charge in [0.2, 0.25) is 0 Å². The molecule has 0 radical (unpaired) electrons. The van der Waals surface area contributed by atoms with E-state index >= 15 is 0 Å². The van der Waals surface area contributed by atoms with Crippen LogP contribution >= 0.6 is 0 Å². The number of hydrogen-bond acceptors (Lipinski definition) is 3. The minimum Gasteiger partial charge on any atom is -0.393 e. The highest BCUT2D eigenvalue weighted by Gasteiger charge is 2.27. The Hall–Kier alpha value is -2.14. The van der Waals surface area contributed by atoms with Crippen molar-refractivity contribution in [2.45, 2.75) is 45.6 Å². The number of carbonyl (C=O) groups excluding carboxylic acids is 1. The fraction of sp³-hybridized carbons (Fsp3) is 0.500. The maximum absolute atomic E-state index is 13.0. The molecule has 3 rings (SSSR count). The maximum Gasteiger partial charge on any atom is 0.255 e. The molecule has 1 saturated carbocycles. The zero-order valence-electron chi connectivity index (χ0n) is 15.3. The van der Waals surface area contributed by atoms with Crippen molar-refractivity contribution < 1.29 is 9.90 Å². The minimum absolute atomic E-state index is 0.00746. The van der Waals surface area contributed by atoms with E-state index in [1.807, 2.05) is 49.7 Å². The fourth-order valence-electron chi connectivity index (χ4n) is 3.86. The molecular formula is C20H27N3O2. The number of aromatic nitrogens is 2. The molecule has 0 bridgehead atoms. The number of aliphatic hydroxyl groups excluding tert-OH is 1. The largest absolute Gasteiger partial charge is 0.393 e. The molecule has 25 heavy (non-hydrogen) atoms. The number of pyridine rings is 1. The van der Waals surface area contributed by atoms with Crippen LogP contribution in [0.15, 0.2) is 30.5 Å². The van der Waals surface area contributed by atoms with Gasteiger partial charge in [0.1, 0.15) is 5.82 Å². The first-order valence-corrected chi connectivity index (χ1v) is 9.03. The summed E-state index contributed by atoms with van der Waals surface area (Å²) in [4.78, 5) is 19.1. The highest BCUT2D eigenvalue weighted by Crippen LogP contribution is 2.26. The van der Waals surface area contributed by atoms with Gasteiger partial charge < -0.3 is 14.6 Å². The number of carbonyl (C=O) groups is 1. The Bertz CT molecular complexity index is 739. The maximum atomic E-state index is 13.0. The number of aliphatic hydroxyl groups is 1. The first kappa shape index (κ1) is 17.7. The molecular weight excluding hydrogens is 314 g/mol. The Morgan fingerprint density at radius 3 is 2.76 bits per heavy atom.